The van der Waals surface area contributed by atoms with E-state index in [0.29, 0.717) is 28.8 Å². The molecule has 0 amide bonds. The van der Waals surface area contributed by atoms with Gasteiger partial charge >= 0.3 is 0 Å². The quantitative estimate of drug-likeness (QED) is 0.460. The fourth-order valence-corrected chi connectivity index (χ4v) is 4.23. The molecule has 0 aliphatic carbocycles. The van der Waals surface area contributed by atoms with Gasteiger partial charge < -0.3 is 20.3 Å². The molecule has 0 saturated carbocycles. The third-order valence-electron chi connectivity index (χ3n) is 5.90. The Morgan fingerprint density at radius 2 is 1.94 bits per heavy atom. The van der Waals surface area contributed by atoms with Gasteiger partial charge in [-0.3, -0.25) is 4.98 Å². The molecule has 3 heterocycles. The predicted octanol–water partition coefficient (Wildman–Crippen LogP) is 3.29. The number of aromatic nitrogens is 4. The van der Waals surface area contributed by atoms with Crippen molar-refractivity contribution in [3.8, 4) is 6.07 Å². The number of benzene rings is 2. The van der Waals surface area contributed by atoms with Crippen LogP contribution in [0.3, 0.4) is 0 Å². The number of H-pyrrole nitrogens is 1. The number of likely N-dealkylation sites (tertiary alicyclic amines) is 1. The van der Waals surface area contributed by atoms with Gasteiger partial charge in [-0.25, -0.2) is 9.97 Å². The SMILES string of the molecule is N#Cc1ccc2nc(Nc3nc4ccc(C5CCN(CCO)CC5)cc4[nH]3)cnc2c1. The van der Waals surface area contributed by atoms with Crippen LogP contribution < -0.4 is 5.32 Å². The second-order valence-electron chi connectivity index (χ2n) is 7.90. The van der Waals surface area contributed by atoms with Crippen LogP contribution in [0.15, 0.2) is 42.6 Å². The highest BCUT2D eigenvalue weighted by Crippen LogP contribution is 2.30. The lowest BCUT2D eigenvalue weighted by Crippen LogP contribution is -2.34. The molecule has 1 aliphatic rings. The number of nitrogens with zero attached hydrogens (tertiary/aromatic N) is 5. The molecule has 2 aromatic heterocycles. The Labute approximate surface area is 179 Å². The summed E-state index contributed by atoms with van der Waals surface area (Å²) in [5.74, 6) is 1.74. The first kappa shape index (κ1) is 19.4. The van der Waals surface area contributed by atoms with Gasteiger partial charge in [-0.05, 0) is 67.7 Å². The van der Waals surface area contributed by atoms with E-state index in [1.54, 1.807) is 24.4 Å². The van der Waals surface area contributed by atoms with Gasteiger partial charge in [0.1, 0.15) is 0 Å². The number of hydrogen-bond donors (Lipinski definition) is 3. The first-order valence-electron chi connectivity index (χ1n) is 10.5. The van der Waals surface area contributed by atoms with Crippen molar-refractivity contribution < 1.29 is 5.11 Å². The Kier molecular flexibility index (Phi) is 5.20. The number of rotatable bonds is 5. The average Bonchev–Trinajstić information content (AvgIpc) is 3.21. The van der Waals surface area contributed by atoms with Crippen LogP contribution in [0.5, 0.6) is 0 Å². The Morgan fingerprint density at radius 1 is 1.10 bits per heavy atom. The molecule has 3 N–H and O–H groups in total. The molecule has 8 heteroatoms. The van der Waals surface area contributed by atoms with E-state index in [4.69, 9.17) is 10.4 Å². The summed E-state index contributed by atoms with van der Waals surface area (Å²) in [7, 11) is 0. The van der Waals surface area contributed by atoms with Gasteiger partial charge in [-0.15, -0.1) is 0 Å². The minimum atomic E-state index is 0.225. The van der Waals surface area contributed by atoms with Gasteiger partial charge in [0.25, 0.3) is 0 Å². The van der Waals surface area contributed by atoms with E-state index in [0.717, 1.165) is 49.0 Å². The summed E-state index contributed by atoms with van der Waals surface area (Å²) in [6.45, 7) is 3.03. The monoisotopic (exact) mass is 413 g/mol. The van der Waals surface area contributed by atoms with Crippen LogP contribution in [0.1, 0.15) is 29.9 Å². The van der Waals surface area contributed by atoms with E-state index in [-0.39, 0.29) is 6.61 Å². The zero-order chi connectivity index (χ0) is 21.2. The predicted molar refractivity (Wildman–Crippen MR) is 119 cm³/mol. The highest BCUT2D eigenvalue weighted by atomic mass is 16.3. The third kappa shape index (κ3) is 4.06. The average molecular weight is 413 g/mol. The first-order chi connectivity index (χ1) is 15.2. The summed E-state index contributed by atoms with van der Waals surface area (Å²) in [6, 6.07) is 13.8. The lowest BCUT2D eigenvalue weighted by Gasteiger charge is -2.31. The topological polar surface area (TPSA) is 114 Å². The lowest BCUT2D eigenvalue weighted by atomic mass is 9.89. The van der Waals surface area contributed by atoms with Crippen molar-refractivity contribution >= 4 is 33.8 Å². The van der Waals surface area contributed by atoms with E-state index in [9.17, 15) is 0 Å². The third-order valence-corrected chi connectivity index (χ3v) is 5.90. The molecular weight excluding hydrogens is 390 g/mol. The standard InChI is InChI=1S/C23H23N7O/c24-13-15-1-3-18-20(11-15)25-14-22(26-18)29-23-27-19-4-2-17(12-21(19)28-23)16-5-7-30(8-6-16)9-10-31/h1-4,11-12,14,16,31H,5-10H2,(H2,26,27,28,29). The molecule has 0 radical (unpaired) electrons. The van der Waals surface area contributed by atoms with Crippen LogP contribution in [0, 0.1) is 11.3 Å². The summed E-state index contributed by atoms with van der Waals surface area (Å²) in [5.41, 5.74) is 5.18. The lowest BCUT2D eigenvalue weighted by molar-refractivity contribution is 0.164. The molecule has 0 unspecified atom stereocenters. The summed E-state index contributed by atoms with van der Waals surface area (Å²) >= 11 is 0. The Morgan fingerprint density at radius 3 is 2.74 bits per heavy atom. The van der Waals surface area contributed by atoms with Crippen LogP contribution in [0.25, 0.3) is 22.1 Å². The zero-order valence-corrected chi connectivity index (χ0v) is 17.0. The maximum atomic E-state index is 9.12. The largest absolute Gasteiger partial charge is 0.395 e. The molecule has 1 saturated heterocycles. The molecule has 8 nitrogen and oxygen atoms in total. The van der Waals surface area contributed by atoms with Gasteiger partial charge in [0.15, 0.2) is 5.82 Å². The maximum absolute atomic E-state index is 9.12. The van der Waals surface area contributed by atoms with Crippen molar-refractivity contribution in [2.24, 2.45) is 0 Å². The number of anilines is 2. The number of aliphatic hydroxyl groups excluding tert-OH is 1. The molecule has 0 atom stereocenters. The summed E-state index contributed by atoms with van der Waals surface area (Å²) in [5, 5.41) is 21.3. The second kappa shape index (κ2) is 8.30. The molecule has 1 fully saturated rings. The van der Waals surface area contributed by atoms with E-state index in [2.05, 4.69) is 54.4 Å². The Bertz CT molecular complexity index is 1270. The molecule has 4 aromatic rings. The van der Waals surface area contributed by atoms with Gasteiger partial charge in [-0.2, -0.15) is 5.26 Å². The number of β-amino-alcohol motifs (C(OH)–C–C–N with tert-alkyl or cyclic N) is 1. The van der Waals surface area contributed by atoms with Crippen LogP contribution in [-0.4, -0.2) is 56.2 Å². The van der Waals surface area contributed by atoms with Crippen LogP contribution >= 0.6 is 0 Å². The number of hydrogen-bond acceptors (Lipinski definition) is 7. The van der Waals surface area contributed by atoms with Gasteiger partial charge in [0.05, 0.1) is 46.5 Å². The first-order valence-corrected chi connectivity index (χ1v) is 10.5. The minimum absolute atomic E-state index is 0.225. The van der Waals surface area contributed by atoms with Crippen LogP contribution in [-0.2, 0) is 0 Å². The number of aromatic amines is 1. The maximum Gasteiger partial charge on any atom is 0.206 e. The Balaban J connectivity index is 1.33. The van der Waals surface area contributed by atoms with E-state index < -0.39 is 0 Å². The zero-order valence-electron chi connectivity index (χ0n) is 17.0. The van der Waals surface area contributed by atoms with Gasteiger partial charge in [-0.1, -0.05) is 6.07 Å². The van der Waals surface area contributed by atoms with Crippen LogP contribution in [0.2, 0.25) is 0 Å². The van der Waals surface area contributed by atoms with E-state index in [1.807, 2.05) is 0 Å². The fourth-order valence-electron chi connectivity index (χ4n) is 4.23. The molecule has 156 valence electrons. The van der Waals surface area contributed by atoms with Crippen molar-refractivity contribution in [2.75, 3.05) is 31.6 Å². The molecular formula is C23H23N7O. The number of nitrogens with one attached hydrogen (secondary N) is 2. The van der Waals surface area contributed by atoms with Crippen molar-refractivity contribution in [1.29, 1.82) is 5.26 Å². The van der Waals surface area contributed by atoms with E-state index >= 15 is 0 Å². The molecule has 1 aliphatic heterocycles. The summed E-state index contributed by atoms with van der Waals surface area (Å²) in [6.07, 6.45) is 3.85. The molecule has 2 aromatic carbocycles. The van der Waals surface area contributed by atoms with Gasteiger partial charge in [0, 0.05) is 6.54 Å². The van der Waals surface area contributed by atoms with Crippen molar-refractivity contribution in [1.82, 2.24) is 24.8 Å². The molecule has 31 heavy (non-hydrogen) atoms. The molecule has 0 bridgehead atoms. The highest BCUT2D eigenvalue weighted by Gasteiger charge is 2.20. The number of fused-ring (bicyclic) bond motifs is 2. The number of nitriles is 1. The number of imidazole rings is 1. The summed E-state index contributed by atoms with van der Waals surface area (Å²) < 4.78 is 0. The van der Waals surface area contributed by atoms with Crippen molar-refractivity contribution in [2.45, 2.75) is 18.8 Å². The fraction of sp³-hybridized carbons (Fsp3) is 0.304. The van der Waals surface area contributed by atoms with Crippen LogP contribution in [0.4, 0.5) is 11.8 Å². The summed E-state index contributed by atoms with van der Waals surface area (Å²) in [4.78, 5) is 19.2. The second-order valence-corrected chi connectivity index (χ2v) is 7.90. The smallest absolute Gasteiger partial charge is 0.206 e. The normalized spacial score (nSPS) is 15.4. The van der Waals surface area contributed by atoms with E-state index in [1.165, 1.54) is 5.56 Å². The minimum Gasteiger partial charge on any atom is -0.395 e. The number of piperidine rings is 1. The Hall–Kier alpha value is -3.54. The molecule has 5 rings (SSSR count). The molecule has 0 spiro atoms. The number of aliphatic hydroxyl groups is 1. The van der Waals surface area contributed by atoms with Crippen molar-refractivity contribution in [3.05, 3.63) is 53.7 Å². The van der Waals surface area contributed by atoms with Gasteiger partial charge in [0.2, 0.25) is 5.95 Å². The van der Waals surface area contributed by atoms with Crippen molar-refractivity contribution in [3.63, 3.8) is 0 Å². The highest BCUT2D eigenvalue weighted by molar-refractivity contribution is 5.80.